The second-order valence-electron chi connectivity index (χ2n) is 14.2. The van der Waals surface area contributed by atoms with E-state index in [1.165, 1.54) is 34.8 Å². The average Bonchev–Trinajstić information content (AvgIpc) is 3.95. The van der Waals surface area contributed by atoms with Crippen molar-refractivity contribution in [2.24, 2.45) is 0 Å². The normalized spacial score (nSPS) is 10.6. The van der Waals surface area contributed by atoms with Crippen LogP contribution in [0.1, 0.15) is 37.4 Å². The molecule has 0 atom stereocenters. The predicted octanol–water partition coefficient (Wildman–Crippen LogP) is 11.5. The zero-order chi connectivity index (χ0) is 42.9. The van der Waals surface area contributed by atoms with Crippen LogP contribution in [0.25, 0.3) is 22.5 Å². The van der Waals surface area contributed by atoms with Crippen LogP contribution >= 0.6 is 22.7 Å². The molecule has 0 radical (unpaired) electrons. The Labute approximate surface area is 361 Å². The Kier molecular flexibility index (Phi) is 13.2. The highest BCUT2D eigenvalue weighted by atomic mass is 32.1. The Balaban J connectivity index is 0.000000184. The first-order chi connectivity index (χ1) is 29.5. The lowest BCUT2D eigenvalue weighted by Crippen LogP contribution is -2.14. The van der Waals surface area contributed by atoms with Gasteiger partial charge >= 0.3 is 0 Å². The lowest BCUT2D eigenvalue weighted by molar-refractivity contribution is 0.101. The highest BCUT2D eigenvalue weighted by Gasteiger charge is 2.14. The first-order valence-electron chi connectivity index (χ1n) is 19.1. The second kappa shape index (κ2) is 19.2. The molecular weight excluding hydrogens is 806 g/mol. The number of nitrogens with one attached hydrogen (secondary N) is 4. The Morgan fingerprint density at radius 1 is 0.623 bits per heavy atom. The minimum absolute atomic E-state index is 0.0196. The summed E-state index contributed by atoms with van der Waals surface area (Å²) in [6, 6.07) is 31.0. The summed E-state index contributed by atoms with van der Waals surface area (Å²) in [4.78, 5) is 44.7. The van der Waals surface area contributed by atoms with Crippen molar-refractivity contribution in [1.29, 1.82) is 0 Å². The number of hydrogen-bond donors (Lipinski definition) is 4. The molecule has 8 rings (SSSR count). The van der Waals surface area contributed by atoms with Gasteiger partial charge in [-0.1, -0.05) is 23.8 Å². The Bertz CT molecular complexity index is 2780. The number of thiazole rings is 2. The van der Waals surface area contributed by atoms with E-state index in [1.54, 1.807) is 36.9 Å². The molecule has 4 N–H and O–H groups in total. The fourth-order valence-electron chi connectivity index (χ4n) is 5.98. The summed E-state index contributed by atoms with van der Waals surface area (Å²) >= 11 is 3.01. The molecule has 2 amide bonds. The van der Waals surface area contributed by atoms with E-state index >= 15 is 0 Å². The highest BCUT2D eigenvalue weighted by Crippen LogP contribution is 2.31. The number of benzene rings is 4. The molecule has 0 saturated heterocycles. The maximum Gasteiger partial charge on any atom is 0.258 e. The van der Waals surface area contributed by atoms with Gasteiger partial charge in [-0.25, -0.2) is 14.4 Å². The van der Waals surface area contributed by atoms with Crippen LogP contribution in [0.15, 0.2) is 139 Å². The molecule has 4 aromatic carbocycles. The molecular formula is C47H42FN9O2S2. The molecule has 0 bridgehead atoms. The van der Waals surface area contributed by atoms with Gasteiger partial charge in [0, 0.05) is 94.8 Å². The number of carbonyl (C=O) groups is 2. The van der Waals surface area contributed by atoms with Crippen molar-refractivity contribution >= 4 is 73.2 Å². The van der Waals surface area contributed by atoms with Crippen LogP contribution in [0.4, 0.5) is 43.1 Å². The van der Waals surface area contributed by atoms with Gasteiger partial charge in [-0.2, -0.15) is 0 Å². The minimum atomic E-state index is -0.547. The van der Waals surface area contributed by atoms with Crippen molar-refractivity contribution in [1.82, 2.24) is 19.9 Å². The molecule has 0 spiro atoms. The van der Waals surface area contributed by atoms with Gasteiger partial charge in [0.15, 0.2) is 10.3 Å². The third kappa shape index (κ3) is 10.9. The molecule has 0 fully saturated rings. The van der Waals surface area contributed by atoms with Crippen LogP contribution in [-0.2, 0) is 0 Å². The standard InChI is InChI=1S/C24H23N5OS.C23H19FN4OS/c1-16-6-9-19(26-23(30)17-7-10-20(11-8-17)29(2)3)13-21(16)27-24-28-22(15-31-24)18-5-4-12-25-14-18;1-14-5-8-19(24)18(10-14)22(29)26-17-7-6-15(2)20(11-17)27-23-28-21(13-30-23)16-4-3-9-25-12-16/h4-15H,1-3H3,(H,26,30)(H,27,28);3-13H,1-2H3,(H,26,29)(H,27,28). The van der Waals surface area contributed by atoms with Crippen molar-refractivity contribution in [3.8, 4) is 22.5 Å². The first-order valence-corrected chi connectivity index (χ1v) is 20.9. The van der Waals surface area contributed by atoms with Crippen molar-refractivity contribution in [2.45, 2.75) is 20.8 Å². The van der Waals surface area contributed by atoms with Gasteiger partial charge in [0.1, 0.15) is 5.82 Å². The summed E-state index contributed by atoms with van der Waals surface area (Å²) in [5.74, 6) is -1.18. The molecule has 61 heavy (non-hydrogen) atoms. The maximum absolute atomic E-state index is 14.0. The molecule has 0 aliphatic heterocycles. The molecule has 306 valence electrons. The molecule has 0 aliphatic rings. The van der Waals surface area contributed by atoms with E-state index in [4.69, 9.17) is 0 Å². The van der Waals surface area contributed by atoms with Crippen LogP contribution in [0, 0.1) is 26.6 Å². The van der Waals surface area contributed by atoms with Crippen LogP contribution in [-0.4, -0.2) is 45.8 Å². The third-order valence-electron chi connectivity index (χ3n) is 9.41. The van der Waals surface area contributed by atoms with Crippen molar-refractivity contribution in [3.63, 3.8) is 0 Å². The smallest absolute Gasteiger partial charge is 0.258 e. The van der Waals surface area contributed by atoms with Crippen molar-refractivity contribution < 1.29 is 14.0 Å². The fourth-order valence-corrected chi connectivity index (χ4v) is 7.45. The molecule has 14 heteroatoms. The molecule has 4 heterocycles. The van der Waals surface area contributed by atoms with E-state index in [0.717, 1.165) is 72.2 Å². The van der Waals surface area contributed by atoms with E-state index < -0.39 is 11.7 Å². The maximum atomic E-state index is 14.0. The molecule has 4 aromatic heterocycles. The minimum Gasteiger partial charge on any atom is -0.378 e. The molecule has 0 saturated carbocycles. The second-order valence-corrected chi connectivity index (χ2v) is 15.9. The lowest BCUT2D eigenvalue weighted by Gasteiger charge is -2.13. The van der Waals surface area contributed by atoms with Gasteiger partial charge < -0.3 is 26.2 Å². The van der Waals surface area contributed by atoms with Crippen LogP contribution in [0.2, 0.25) is 0 Å². The molecule has 0 unspecified atom stereocenters. The number of rotatable bonds is 11. The summed E-state index contributed by atoms with van der Waals surface area (Å²) < 4.78 is 14.0. The number of aromatic nitrogens is 4. The topological polar surface area (TPSA) is 137 Å². The average molecular weight is 848 g/mol. The summed E-state index contributed by atoms with van der Waals surface area (Å²) in [7, 11) is 3.94. The summed E-state index contributed by atoms with van der Waals surface area (Å²) in [6.45, 7) is 5.80. The highest BCUT2D eigenvalue weighted by molar-refractivity contribution is 7.14. The van der Waals surface area contributed by atoms with Crippen LogP contribution in [0.3, 0.4) is 0 Å². The molecule has 0 aliphatic carbocycles. The van der Waals surface area contributed by atoms with E-state index in [1.807, 2.05) is 129 Å². The molecule has 8 aromatic rings. The van der Waals surface area contributed by atoms with Crippen LogP contribution in [0.5, 0.6) is 0 Å². The van der Waals surface area contributed by atoms with Crippen molar-refractivity contribution in [3.05, 3.63) is 172 Å². The summed E-state index contributed by atoms with van der Waals surface area (Å²) in [6.07, 6.45) is 7.03. The Morgan fingerprint density at radius 3 is 1.64 bits per heavy atom. The third-order valence-corrected chi connectivity index (χ3v) is 10.9. The fraction of sp³-hybridized carbons (Fsp3) is 0.106. The largest absolute Gasteiger partial charge is 0.378 e. The Hall–Kier alpha value is -7.29. The quantitative estimate of drug-likeness (QED) is 0.100. The number of halogens is 1. The van der Waals surface area contributed by atoms with E-state index in [9.17, 15) is 14.0 Å². The van der Waals surface area contributed by atoms with E-state index in [-0.39, 0.29) is 11.5 Å². The Morgan fingerprint density at radius 2 is 1.15 bits per heavy atom. The van der Waals surface area contributed by atoms with Gasteiger partial charge in [0.05, 0.1) is 17.0 Å². The van der Waals surface area contributed by atoms with E-state index in [2.05, 4.69) is 41.2 Å². The number of anilines is 7. The van der Waals surface area contributed by atoms with Crippen LogP contribution < -0.4 is 26.2 Å². The van der Waals surface area contributed by atoms with E-state index in [0.29, 0.717) is 11.3 Å². The predicted molar refractivity (Wildman–Crippen MR) is 247 cm³/mol. The number of carbonyl (C=O) groups excluding carboxylic acids is 2. The first kappa shape index (κ1) is 41.9. The van der Waals surface area contributed by atoms with Gasteiger partial charge in [-0.3, -0.25) is 19.6 Å². The van der Waals surface area contributed by atoms with Gasteiger partial charge in [-0.15, -0.1) is 22.7 Å². The number of hydrogen-bond acceptors (Lipinski definition) is 11. The monoisotopic (exact) mass is 847 g/mol. The summed E-state index contributed by atoms with van der Waals surface area (Å²) in [5.41, 5.74) is 11.2. The summed E-state index contributed by atoms with van der Waals surface area (Å²) in [5, 5.41) is 17.9. The van der Waals surface area contributed by atoms with Gasteiger partial charge in [0.25, 0.3) is 11.8 Å². The number of nitrogens with zero attached hydrogens (tertiary/aromatic N) is 5. The number of amides is 2. The zero-order valence-electron chi connectivity index (χ0n) is 34.0. The lowest BCUT2D eigenvalue weighted by atomic mass is 10.1. The number of aryl methyl sites for hydroxylation is 3. The SMILES string of the molecule is Cc1ccc(F)c(C(=O)Nc2ccc(C)c(Nc3nc(-c4cccnc4)cs3)c2)c1.Cc1ccc(NC(=O)c2ccc(N(C)C)cc2)cc1Nc1nc(-c2cccnc2)cs1. The molecule has 11 nitrogen and oxygen atoms in total. The van der Waals surface area contributed by atoms with Gasteiger partial charge in [0.2, 0.25) is 0 Å². The van der Waals surface area contributed by atoms with Crippen molar-refractivity contribution in [2.75, 3.05) is 40.3 Å². The van der Waals surface area contributed by atoms with Gasteiger partial charge in [-0.05, 0) is 117 Å². The number of pyridine rings is 2. The zero-order valence-corrected chi connectivity index (χ0v) is 35.7.